The van der Waals surface area contributed by atoms with Crippen molar-refractivity contribution in [3.05, 3.63) is 40.9 Å². The maximum atomic E-state index is 11.5. The summed E-state index contributed by atoms with van der Waals surface area (Å²) in [5.74, 6) is 0.601. The molecule has 108 valence electrons. The molecule has 2 rings (SSSR count). The van der Waals surface area contributed by atoms with E-state index in [-0.39, 0.29) is 12.5 Å². The van der Waals surface area contributed by atoms with Crippen LogP contribution in [0.15, 0.2) is 35.3 Å². The Balaban J connectivity index is 1.90. The highest BCUT2D eigenvalue weighted by atomic mass is 79.9. The third kappa shape index (κ3) is 4.98. The molecule has 0 bridgehead atoms. The van der Waals surface area contributed by atoms with Crippen molar-refractivity contribution in [2.24, 2.45) is 0 Å². The zero-order valence-corrected chi connectivity index (χ0v) is 12.9. The normalized spacial score (nSPS) is 13.8. The summed E-state index contributed by atoms with van der Waals surface area (Å²) in [6, 6.07) is 6.45. The number of hydrogen-bond donors (Lipinski definition) is 2. The average molecular weight is 339 g/mol. The van der Waals surface area contributed by atoms with Crippen LogP contribution in [-0.2, 0) is 11.3 Å². The Labute approximate surface area is 127 Å². The largest absolute Gasteiger partial charge is 0.483 e. The number of rotatable bonds is 8. The molecule has 1 aromatic carbocycles. The molecule has 0 aromatic heterocycles. The van der Waals surface area contributed by atoms with E-state index in [2.05, 4.69) is 33.1 Å². The molecule has 0 unspecified atom stereocenters. The molecule has 1 aliphatic rings. The molecule has 4 nitrogen and oxygen atoms in total. The minimum Gasteiger partial charge on any atom is -0.483 e. The first-order valence-corrected chi connectivity index (χ1v) is 7.50. The molecule has 1 aromatic rings. The van der Waals surface area contributed by atoms with Crippen LogP contribution >= 0.6 is 15.9 Å². The van der Waals surface area contributed by atoms with E-state index in [1.165, 1.54) is 12.8 Å². The Bertz CT molecular complexity index is 487. The molecule has 1 fully saturated rings. The molecule has 0 spiro atoms. The second kappa shape index (κ2) is 7.45. The van der Waals surface area contributed by atoms with E-state index in [1.807, 2.05) is 18.2 Å². The van der Waals surface area contributed by atoms with Crippen molar-refractivity contribution in [3.63, 3.8) is 0 Å². The van der Waals surface area contributed by atoms with Crippen LogP contribution in [-0.4, -0.2) is 25.1 Å². The van der Waals surface area contributed by atoms with Gasteiger partial charge in [0.25, 0.3) is 5.91 Å². The number of carbonyl (C=O) groups is 1. The van der Waals surface area contributed by atoms with E-state index >= 15 is 0 Å². The number of amides is 1. The molecular weight excluding hydrogens is 320 g/mol. The molecule has 5 heteroatoms. The lowest BCUT2D eigenvalue weighted by molar-refractivity contribution is -0.122. The molecule has 1 amide bonds. The summed E-state index contributed by atoms with van der Waals surface area (Å²) in [4.78, 5) is 11.5. The first-order chi connectivity index (χ1) is 9.69. The molecule has 0 saturated heterocycles. The van der Waals surface area contributed by atoms with Crippen molar-refractivity contribution in [1.82, 2.24) is 10.6 Å². The molecule has 1 saturated carbocycles. The van der Waals surface area contributed by atoms with E-state index in [4.69, 9.17) is 4.74 Å². The Morgan fingerprint density at radius 3 is 3.00 bits per heavy atom. The maximum absolute atomic E-state index is 11.5. The zero-order valence-electron chi connectivity index (χ0n) is 11.3. The van der Waals surface area contributed by atoms with Gasteiger partial charge in [0.1, 0.15) is 5.75 Å². The summed E-state index contributed by atoms with van der Waals surface area (Å²) < 4.78 is 6.60. The van der Waals surface area contributed by atoms with Gasteiger partial charge in [0, 0.05) is 29.2 Å². The molecule has 0 radical (unpaired) electrons. The molecule has 2 N–H and O–H groups in total. The van der Waals surface area contributed by atoms with Crippen molar-refractivity contribution in [2.75, 3.05) is 13.2 Å². The van der Waals surface area contributed by atoms with Gasteiger partial charge in [-0.1, -0.05) is 22.0 Å². The summed E-state index contributed by atoms with van der Waals surface area (Å²) in [5, 5.41) is 6.13. The minimum atomic E-state index is -0.145. The van der Waals surface area contributed by atoms with Crippen LogP contribution < -0.4 is 15.4 Å². The van der Waals surface area contributed by atoms with E-state index in [1.54, 1.807) is 6.08 Å². The van der Waals surface area contributed by atoms with Crippen LogP contribution in [0.2, 0.25) is 0 Å². The summed E-state index contributed by atoms with van der Waals surface area (Å²) in [7, 11) is 0. The first kappa shape index (κ1) is 15.1. The quantitative estimate of drug-likeness (QED) is 0.715. The fourth-order valence-electron chi connectivity index (χ4n) is 1.75. The van der Waals surface area contributed by atoms with Crippen LogP contribution in [0.1, 0.15) is 18.4 Å². The van der Waals surface area contributed by atoms with Crippen molar-refractivity contribution < 1.29 is 9.53 Å². The Kier molecular flexibility index (Phi) is 5.61. The standard InChI is InChI=1S/C15H19BrN2O2/c1-2-7-17-15(19)10-20-14-6-3-12(16)8-11(14)9-18-13-4-5-13/h2-3,6,8,13,18H,1,4-5,7,9-10H2,(H,17,19). The lowest BCUT2D eigenvalue weighted by Crippen LogP contribution is -2.29. The maximum Gasteiger partial charge on any atom is 0.258 e. The lowest BCUT2D eigenvalue weighted by Gasteiger charge is -2.12. The molecule has 0 atom stereocenters. The molecular formula is C15H19BrN2O2. The fraction of sp³-hybridized carbons (Fsp3) is 0.400. The van der Waals surface area contributed by atoms with Gasteiger partial charge in [-0.25, -0.2) is 0 Å². The summed E-state index contributed by atoms with van der Waals surface area (Å²) in [6.45, 7) is 4.79. The highest BCUT2D eigenvalue weighted by Gasteiger charge is 2.20. The van der Waals surface area contributed by atoms with Gasteiger partial charge in [0.15, 0.2) is 6.61 Å². The van der Waals surface area contributed by atoms with Crippen LogP contribution in [0.25, 0.3) is 0 Å². The fourth-order valence-corrected chi connectivity index (χ4v) is 2.16. The summed E-state index contributed by atoms with van der Waals surface area (Å²) >= 11 is 3.46. The Morgan fingerprint density at radius 2 is 2.30 bits per heavy atom. The van der Waals surface area contributed by atoms with Gasteiger partial charge in [-0.2, -0.15) is 0 Å². The predicted octanol–water partition coefficient (Wildman–Crippen LogP) is 2.38. The van der Waals surface area contributed by atoms with Crippen molar-refractivity contribution in [1.29, 1.82) is 0 Å². The zero-order chi connectivity index (χ0) is 14.4. The van der Waals surface area contributed by atoms with Gasteiger partial charge in [-0.05, 0) is 31.0 Å². The third-order valence-corrected chi connectivity index (χ3v) is 3.48. The van der Waals surface area contributed by atoms with Crippen LogP contribution in [0.3, 0.4) is 0 Å². The van der Waals surface area contributed by atoms with Gasteiger partial charge >= 0.3 is 0 Å². The number of ether oxygens (including phenoxy) is 1. The van der Waals surface area contributed by atoms with E-state index in [0.29, 0.717) is 12.6 Å². The summed E-state index contributed by atoms with van der Waals surface area (Å²) in [6.07, 6.45) is 4.13. The first-order valence-electron chi connectivity index (χ1n) is 6.71. The van der Waals surface area contributed by atoms with E-state index in [9.17, 15) is 4.79 Å². The van der Waals surface area contributed by atoms with Crippen molar-refractivity contribution >= 4 is 21.8 Å². The molecule has 20 heavy (non-hydrogen) atoms. The smallest absolute Gasteiger partial charge is 0.258 e. The Morgan fingerprint density at radius 1 is 1.50 bits per heavy atom. The number of carbonyl (C=O) groups excluding carboxylic acids is 1. The Hall–Kier alpha value is -1.33. The van der Waals surface area contributed by atoms with Crippen LogP contribution in [0.5, 0.6) is 5.75 Å². The van der Waals surface area contributed by atoms with Gasteiger partial charge in [-0.15, -0.1) is 6.58 Å². The van der Waals surface area contributed by atoms with Gasteiger partial charge in [0.05, 0.1) is 0 Å². The minimum absolute atomic E-state index is 0.0197. The predicted molar refractivity (Wildman–Crippen MR) is 82.7 cm³/mol. The number of hydrogen-bond acceptors (Lipinski definition) is 3. The third-order valence-electron chi connectivity index (χ3n) is 2.98. The molecule has 1 aliphatic carbocycles. The monoisotopic (exact) mass is 338 g/mol. The highest BCUT2D eigenvalue weighted by Crippen LogP contribution is 2.25. The number of nitrogens with one attached hydrogen (secondary N) is 2. The number of benzene rings is 1. The second-order valence-corrected chi connectivity index (χ2v) is 5.70. The average Bonchev–Trinajstić information content (AvgIpc) is 3.26. The van der Waals surface area contributed by atoms with Crippen LogP contribution in [0.4, 0.5) is 0 Å². The highest BCUT2D eigenvalue weighted by molar-refractivity contribution is 9.10. The van der Waals surface area contributed by atoms with Crippen LogP contribution in [0, 0.1) is 0 Å². The molecule has 0 aliphatic heterocycles. The second-order valence-electron chi connectivity index (χ2n) is 4.79. The summed E-state index contributed by atoms with van der Waals surface area (Å²) in [5.41, 5.74) is 1.06. The topological polar surface area (TPSA) is 50.4 Å². The van der Waals surface area contributed by atoms with Gasteiger partial charge in [0.2, 0.25) is 0 Å². The van der Waals surface area contributed by atoms with E-state index < -0.39 is 0 Å². The van der Waals surface area contributed by atoms with Gasteiger partial charge < -0.3 is 15.4 Å². The lowest BCUT2D eigenvalue weighted by atomic mass is 10.2. The van der Waals surface area contributed by atoms with Gasteiger partial charge in [-0.3, -0.25) is 4.79 Å². The van der Waals surface area contributed by atoms with E-state index in [0.717, 1.165) is 22.3 Å². The molecule has 0 heterocycles. The van der Waals surface area contributed by atoms with Crippen molar-refractivity contribution in [3.8, 4) is 5.75 Å². The number of halogens is 1. The van der Waals surface area contributed by atoms with Crippen molar-refractivity contribution in [2.45, 2.75) is 25.4 Å². The SMILES string of the molecule is C=CCNC(=O)COc1ccc(Br)cc1CNC1CC1.